The maximum Gasteiger partial charge on any atom is 0.170 e. The van der Waals surface area contributed by atoms with Crippen LogP contribution in [0.5, 0.6) is 0 Å². The number of nitrogens with zero attached hydrogens (tertiary/aromatic N) is 3. The average molecular weight is 447 g/mol. The van der Waals surface area contributed by atoms with Crippen LogP contribution in [-0.4, -0.2) is 26.1 Å². The Morgan fingerprint density at radius 3 is 2.38 bits per heavy atom. The van der Waals surface area contributed by atoms with E-state index >= 15 is 0 Å². The van der Waals surface area contributed by atoms with Crippen molar-refractivity contribution in [2.24, 2.45) is 0 Å². The Bertz CT molecular complexity index is 1110. The number of thiocarbonyl (C=S) groups is 1. The van der Waals surface area contributed by atoms with Crippen LogP contribution in [0.3, 0.4) is 0 Å². The smallest absolute Gasteiger partial charge is 0.170 e. The molecule has 1 aromatic carbocycles. The van der Waals surface area contributed by atoms with Crippen LogP contribution in [0, 0.1) is 34.6 Å². The van der Waals surface area contributed by atoms with Crippen LogP contribution in [0.25, 0.3) is 5.69 Å². The van der Waals surface area contributed by atoms with Gasteiger partial charge in [-0.2, -0.15) is 0 Å². The highest BCUT2D eigenvalue weighted by atomic mass is 32.1. The van der Waals surface area contributed by atoms with Crippen molar-refractivity contribution in [3.63, 3.8) is 0 Å². The summed E-state index contributed by atoms with van der Waals surface area (Å²) in [6, 6.07) is 13.2. The molecule has 3 aromatic rings. The van der Waals surface area contributed by atoms with E-state index in [1.165, 1.54) is 39.3 Å². The zero-order valence-corrected chi connectivity index (χ0v) is 20.9. The number of hydrogen-bond donors (Lipinski definition) is 1. The Labute approximate surface area is 197 Å². The highest BCUT2D eigenvalue weighted by molar-refractivity contribution is 7.80. The Balaban J connectivity index is 1.86. The molecule has 0 aliphatic carbocycles. The van der Waals surface area contributed by atoms with Gasteiger partial charge in [-0.15, -0.1) is 0 Å². The third kappa shape index (κ3) is 3.95. The van der Waals surface area contributed by atoms with Crippen molar-refractivity contribution in [3.8, 4) is 5.69 Å². The molecule has 0 saturated carbocycles. The third-order valence-corrected chi connectivity index (χ3v) is 6.95. The van der Waals surface area contributed by atoms with Gasteiger partial charge in [0.1, 0.15) is 0 Å². The van der Waals surface area contributed by atoms with Crippen LogP contribution in [0.1, 0.15) is 71.2 Å². The van der Waals surface area contributed by atoms with E-state index in [0.717, 1.165) is 30.2 Å². The van der Waals surface area contributed by atoms with Crippen LogP contribution >= 0.6 is 12.2 Å². The van der Waals surface area contributed by atoms with Gasteiger partial charge in [-0.3, -0.25) is 4.98 Å². The highest BCUT2D eigenvalue weighted by Crippen LogP contribution is 2.42. The molecule has 1 saturated heterocycles. The van der Waals surface area contributed by atoms with Crippen molar-refractivity contribution in [1.82, 2.24) is 19.8 Å². The summed E-state index contributed by atoms with van der Waals surface area (Å²) in [7, 11) is 0. The molecule has 1 N–H and O–H groups in total. The zero-order chi connectivity index (χ0) is 23.0. The molecule has 2 aromatic heterocycles. The molecule has 0 bridgehead atoms. The summed E-state index contributed by atoms with van der Waals surface area (Å²) in [5.74, 6) is 0. The molecule has 4 rings (SSSR count). The molecule has 4 nitrogen and oxygen atoms in total. The van der Waals surface area contributed by atoms with E-state index in [1.807, 2.05) is 12.3 Å². The van der Waals surface area contributed by atoms with Gasteiger partial charge in [0, 0.05) is 24.1 Å². The van der Waals surface area contributed by atoms with E-state index in [2.05, 4.69) is 91.6 Å². The highest BCUT2D eigenvalue weighted by Gasteiger charge is 2.41. The fourth-order valence-electron chi connectivity index (χ4n) is 5.27. The Kier molecular flexibility index (Phi) is 6.38. The summed E-state index contributed by atoms with van der Waals surface area (Å²) in [4.78, 5) is 7.06. The van der Waals surface area contributed by atoms with Crippen LogP contribution in [-0.2, 0) is 0 Å². The number of pyridine rings is 1. The van der Waals surface area contributed by atoms with Gasteiger partial charge >= 0.3 is 0 Å². The van der Waals surface area contributed by atoms with Gasteiger partial charge in [0.05, 0.1) is 23.5 Å². The van der Waals surface area contributed by atoms with Crippen LogP contribution in [0.15, 0.2) is 42.6 Å². The average Bonchev–Trinajstić information content (AvgIpc) is 3.22. The number of hydrogen-bond acceptors (Lipinski definition) is 2. The van der Waals surface area contributed by atoms with Crippen molar-refractivity contribution in [1.29, 1.82) is 0 Å². The van der Waals surface area contributed by atoms with E-state index in [-0.39, 0.29) is 12.1 Å². The van der Waals surface area contributed by atoms with Crippen molar-refractivity contribution in [2.45, 2.75) is 66.5 Å². The number of aryl methyl sites for hydroxylation is 4. The first kappa shape index (κ1) is 22.5. The Morgan fingerprint density at radius 1 is 1.03 bits per heavy atom. The zero-order valence-electron chi connectivity index (χ0n) is 20.1. The van der Waals surface area contributed by atoms with Crippen LogP contribution in [0.4, 0.5) is 0 Å². The van der Waals surface area contributed by atoms with E-state index in [9.17, 15) is 0 Å². The van der Waals surface area contributed by atoms with E-state index in [0.29, 0.717) is 0 Å². The SMILES string of the molecule is CCCCN1C(=S)N[C@@H](c2ccccn2)[C@H]1c1cc(C)n(-c2c(C)cc(C)cc2C)c1C. The first-order valence-electron chi connectivity index (χ1n) is 11.6. The van der Waals surface area contributed by atoms with Gasteiger partial charge in [-0.25, -0.2) is 0 Å². The normalized spacial score (nSPS) is 18.3. The maximum atomic E-state index is 5.82. The largest absolute Gasteiger partial charge is 0.352 e. The summed E-state index contributed by atoms with van der Waals surface area (Å²) < 4.78 is 2.42. The van der Waals surface area contributed by atoms with Crippen molar-refractivity contribution >= 4 is 17.3 Å². The van der Waals surface area contributed by atoms with Crippen molar-refractivity contribution in [3.05, 3.63) is 81.9 Å². The molecule has 168 valence electrons. The standard InChI is InChI=1S/C27H34N4S/c1-7-8-13-30-26(24(29-27(30)32)23-11-9-10-12-28-23)22-16-20(5)31(21(22)6)25-18(3)14-17(2)15-19(25)4/h9-12,14-16,24,26H,7-8,13H2,1-6H3,(H,29,32)/t24-,26+/m0/s1. The van der Waals surface area contributed by atoms with Crippen LogP contribution in [0.2, 0.25) is 0 Å². The molecule has 1 aliphatic heterocycles. The molecule has 0 unspecified atom stereocenters. The molecule has 1 aliphatic rings. The lowest BCUT2D eigenvalue weighted by atomic mass is 9.96. The molecule has 5 heteroatoms. The quantitative estimate of drug-likeness (QED) is 0.458. The van der Waals surface area contributed by atoms with Gasteiger partial charge in [0.2, 0.25) is 0 Å². The molecule has 0 spiro atoms. The second-order valence-corrected chi connectivity index (χ2v) is 9.47. The molecular formula is C27H34N4S. The molecule has 2 atom stereocenters. The lowest BCUT2D eigenvalue weighted by Gasteiger charge is -2.28. The Hall–Kier alpha value is -2.66. The minimum Gasteiger partial charge on any atom is -0.352 e. The van der Waals surface area contributed by atoms with Gasteiger partial charge in [0.25, 0.3) is 0 Å². The number of aromatic nitrogens is 2. The van der Waals surface area contributed by atoms with E-state index in [4.69, 9.17) is 12.2 Å². The molecule has 1 fully saturated rings. The molecule has 0 radical (unpaired) electrons. The number of benzene rings is 1. The molecule has 32 heavy (non-hydrogen) atoms. The maximum absolute atomic E-state index is 5.82. The van der Waals surface area contributed by atoms with Gasteiger partial charge in [-0.05, 0) is 88.1 Å². The fourth-order valence-corrected chi connectivity index (χ4v) is 5.60. The second kappa shape index (κ2) is 9.07. The van der Waals surface area contributed by atoms with Gasteiger partial charge in [0.15, 0.2) is 5.11 Å². The Morgan fingerprint density at radius 2 is 1.75 bits per heavy atom. The number of unbranched alkanes of at least 4 members (excludes halogenated alkanes) is 1. The number of nitrogens with one attached hydrogen (secondary N) is 1. The summed E-state index contributed by atoms with van der Waals surface area (Å²) in [5, 5.41) is 4.41. The molecule has 3 heterocycles. The third-order valence-electron chi connectivity index (χ3n) is 6.60. The summed E-state index contributed by atoms with van der Waals surface area (Å²) in [6.07, 6.45) is 4.12. The lowest BCUT2D eigenvalue weighted by molar-refractivity contribution is 0.312. The number of rotatable bonds is 6. The van der Waals surface area contributed by atoms with Gasteiger partial charge < -0.3 is 14.8 Å². The predicted octanol–water partition coefficient (Wildman–Crippen LogP) is 6.19. The van der Waals surface area contributed by atoms with Crippen molar-refractivity contribution < 1.29 is 0 Å². The molecular weight excluding hydrogens is 412 g/mol. The monoisotopic (exact) mass is 446 g/mol. The lowest BCUT2D eigenvalue weighted by Crippen LogP contribution is -2.30. The molecule has 0 amide bonds. The topological polar surface area (TPSA) is 33.1 Å². The second-order valence-electron chi connectivity index (χ2n) is 9.08. The summed E-state index contributed by atoms with van der Waals surface area (Å²) in [6.45, 7) is 14.2. The summed E-state index contributed by atoms with van der Waals surface area (Å²) >= 11 is 5.82. The first-order chi connectivity index (χ1) is 15.3. The first-order valence-corrected chi connectivity index (χ1v) is 12.0. The van der Waals surface area contributed by atoms with Crippen molar-refractivity contribution in [2.75, 3.05) is 6.54 Å². The minimum absolute atomic E-state index is 0.0368. The van der Waals surface area contributed by atoms with E-state index in [1.54, 1.807) is 0 Å². The van der Waals surface area contributed by atoms with Crippen LogP contribution < -0.4 is 5.32 Å². The predicted molar refractivity (Wildman–Crippen MR) is 137 cm³/mol. The summed E-state index contributed by atoms with van der Waals surface area (Å²) in [5.41, 5.74) is 10.1. The van der Waals surface area contributed by atoms with Gasteiger partial charge in [-0.1, -0.05) is 37.1 Å². The van der Waals surface area contributed by atoms with E-state index < -0.39 is 0 Å². The minimum atomic E-state index is 0.0368. The fraction of sp³-hybridized carbons (Fsp3) is 0.407.